The molecule has 0 atom stereocenters. The monoisotopic (exact) mass is 416 g/mol. The minimum Gasteiger partial charge on any atom is -0.493 e. The summed E-state index contributed by atoms with van der Waals surface area (Å²) in [6.07, 6.45) is 2.31. The molecule has 0 unspecified atom stereocenters. The molecular formula is C22H32N4O4. The van der Waals surface area contributed by atoms with Gasteiger partial charge in [-0.05, 0) is 37.6 Å². The van der Waals surface area contributed by atoms with Crippen LogP contribution in [0.2, 0.25) is 0 Å². The highest BCUT2D eigenvalue weighted by Crippen LogP contribution is 2.21. The van der Waals surface area contributed by atoms with Gasteiger partial charge in [0.05, 0.1) is 19.4 Å². The molecule has 2 rings (SSSR count). The number of hydrogen-bond donors (Lipinski definition) is 3. The number of methoxy groups -OCH3 is 1. The SMILES string of the molecule is CCNC(=NCc1ccc(C)cc1OCCCOC)NCCNC(=O)c1ccco1. The molecule has 0 saturated heterocycles. The maximum Gasteiger partial charge on any atom is 0.287 e. The molecule has 0 aliphatic rings. The van der Waals surface area contributed by atoms with E-state index in [1.54, 1.807) is 19.2 Å². The molecule has 30 heavy (non-hydrogen) atoms. The summed E-state index contributed by atoms with van der Waals surface area (Å²) in [7, 11) is 1.69. The lowest BCUT2D eigenvalue weighted by Crippen LogP contribution is -2.41. The quantitative estimate of drug-likeness (QED) is 0.279. The molecule has 8 heteroatoms. The van der Waals surface area contributed by atoms with E-state index >= 15 is 0 Å². The molecule has 1 heterocycles. The molecule has 1 amide bonds. The van der Waals surface area contributed by atoms with Gasteiger partial charge in [-0.25, -0.2) is 4.99 Å². The van der Waals surface area contributed by atoms with Crippen molar-refractivity contribution in [2.75, 3.05) is 40.0 Å². The van der Waals surface area contributed by atoms with Crippen molar-refractivity contribution < 1.29 is 18.7 Å². The summed E-state index contributed by atoms with van der Waals surface area (Å²) in [6, 6.07) is 9.44. The molecule has 3 N–H and O–H groups in total. The summed E-state index contributed by atoms with van der Waals surface area (Å²) in [4.78, 5) is 16.5. The zero-order valence-electron chi connectivity index (χ0n) is 18.0. The average Bonchev–Trinajstić information content (AvgIpc) is 3.28. The van der Waals surface area contributed by atoms with Gasteiger partial charge in [0.25, 0.3) is 5.91 Å². The van der Waals surface area contributed by atoms with Crippen LogP contribution in [-0.2, 0) is 11.3 Å². The molecule has 0 radical (unpaired) electrons. The molecule has 1 aromatic carbocycles. The topological polar surface area (TPSA) is 97.1 Å². The van der Waals surface area contributed by atoms with Crippen molar-refractivity contribution in [2.45, 2.75) is 26.8 Å². The molecule has 0 fully saturated rings. The molecular weight excluding hydrogens is 384 g/mol. The van der Waals surface area contributed by atoms with Crippen molar-refractivity contribution in [1.29, 1.82) is 0 Å². The van der Waals surface area contributed by atoms with E-state index in [4.69, 9.17) is 13.9 Å². The number of aryl methyl sites for hydroxylation is 1. The van der Waals surface area contributed by atoms with Crippen molar-refractivity contribution >= 4 is 11.9 Å². The maximum atomic E-state index is 11.9. The van der Waals surface area contributed by atoms with E-state index in [2.05, 4.69) is 27.0 Å². The van der Waals surface area contributed by atoms with Crippen molar-refractivity contribution in [1.82, 2.24) is 16.0 Å². The fourth-order valence-corrected chi connectivity index (χ4v) is 2.67. The summed E-state index contributed by atoms with van der Waals surface area (Å²) >= 11 is 0. The van der Waals surface area contributed by atoms with E-state index in [0.717, 1.165) is 29.8 Å². The third-order valence-corrected chi connectivity index (χ3v) is 4.17. The van der Waals surface area contributed by atoms with Crippen molar-refractivity contribution in [3.05, 3.63) is 53.5 Å². The second kappa shape index (κ2) is 13.3. The summed E-state index contributed by atoms with van der Waals surface area (Å²) in [5.74, 6) is 1.58. The fraction of sp³-hybridized carbons (Fsp3) is 0.455. The van der Waals surface area contributed by atoms with E-state index in [9.17, 15) is 4.79 Å². The first kappa shape index (κ1) is 23.3. The smallest absolute Gasteiger partial charge is 0.287 e. The largest absolute Gasteiger partial charge is 0.493 e. The highest BCUT2D eigenvalue weighted by Gasteiger charge is 2.08. The number of carbonyl (C=O) groups is 1. The van der Waals surface area contributed by atoms with Gasteiger partial charge >= 0.3 is 0 Å². The predicted molar refractivity (Wildman–Crippen MR) is 117 cm³/mol. The van der Waals surface area contributed by atoms with Gasteiger partial charge in [-0.1, -0.05) is 12.1 Å². The molecule has 8 nitrogen and oxygen atoms in total. The Hall–Kier alpha value is -3.00. The zero-order valence-corrected chi connectivity index (χ0v) is 18.0. The van der Waals surface area contributed by atoms with Crippen LogP contribution in [0, 0.1) is 6.92 Å². The number of guanidine groups is 1. The predicted octanol–water partition coefficient (Wildman–Crippen LogP) is 2.49. The number of hydrogen-bond acceptors (Lipinski definition) is 5. The normalized spacial score (nSPS) is 11.2. The van der Waals surface area contributed by atoms with Crippen molar-refractivity contribution in [3.63, 3.8) is 0 Å². The second-order valence-corrected chi connectivity index (χ2v) is 6.66. The average molecular weight is 417 g/mol. The lowest BCUT2D eigenvalue weighted by molar-refractivity contribution is 0.0926. The van der Waals surface area contributed by atoms with Gasteiger partial charge in [-0.15, -0.1) is 0 Å². The molecule has 0 bridgehead atoms. The maximum absolute atomic E-state index is 11.9. The second-order valence-electron chi connectivity index (χ2n) is 6.66. The van der Waals surface area contributed by atoms with E-state index in [1.807, 2.05) is 26.0 Å². The number of nitrogens with zero attached hydrogens (tertiary/aromatic N) is 1. The van der Waals surface area contributed by atoms with Gasteiger partial charge in [0.15, 0.2) is 11.7 Å². The van der Waals surface area contributed by atoms with Gasteiger partial charge < -0.3 is 29.8 Å². The van der Waals surface area contributed by atoms with Crippen LogP contribution < -0.4 is 20.7 Å². The van der Waals surface area contributed by atoms with Gasteiger partial charge in [0.1, 0.15) is 5.75 Å². The standard InChI is InChI=1S/C22H32N4O4/c1-4-23-22(25-11-10-24-21(27)19-7-5-13-29-19)26-16-18-9-8-17(2)15-20(18)30-14-6-12-28-3/h5,7-9,13,15H,4,6,10-12,14,16H2,1-3H3,(H,24,27)(H2,23,25,26). The van der Waals surface area contributed by atoms with E-state index in [1.165, 1.54) is 6.26 Å². The first-order chi connectivity index (χ1) is 14.6. The van der Waals surface area contributed by atoms with Crippen LogP contribution >= 0.6 is 0 Å². The van der Waals surface area contributed by atoms with E-state index in [-0.39, 0.29) is 5.91 Å². The Morgan fingerprint density at radius 1 is 1.13 bits per heavy atom. The van der Waals surface area contributed by atoms with Crippen LogP contribution in [0.5, 0.6) is 5.75 Å². The van der Waals surface area contributed by atoms with E-state index in [0.29, 0.717) is 44.6 Å². The lowest BCUT2D eigenvalue weighted by atomic mass is 10.1. The molecule has 0 aliphatic carbocycles. The Balaban J connectivity index is 1.87. The van der Waals surface area contributed by atoms with E-state index < -0.39 is 0 Å². The summed E-state index contributed by atoms with van der Waals surface area (Å²) in [6.45, 7) is 7.51. The molecule has 0 saturated carbocycles. The Bertz CT molecular complexity index is 790. The Morgan fingerprint density at radius 2 is 1.97 bits per heavy atom. The Kier molecular flexibility index (Phi) is 10.3. The highest BCUT2D eigenvalue weighted by molar-refractivity contribution is 5.91. The van der Waals surface area contributed by atoms with Crippen LogP contribution in [0.1, 0.15) is 35.0 Å². The van der Waals surface area contributed by atoms with Gasteiger partial charge in [0, 0.05) is 45.3 Å². The van der Waals surface area contributed by atoms with Crippen molar-refractivity contribution in [3.8, 4) is 5.75 Å². The molecule has 2 aromatic rings. The molecule has 1 aromatic heterocycles. The first-order valence-electron chi connectivity index (χ1n) is 10.2. The Morgan fingerprint density at radius 3 is 2.70 bits per heavy atom. The van der Waals surface area contributed by atoms with Gasteiger partial charge in [0.2, 0.25) is 0 Å². The summed E-state index contributed by atoms with van der Waals surface area (Å²) in [5.41, 5.74) is 2.16. The molecule has 0 spiro atoms. The molecule has 0 aliphatic heterocycles. The van der Waals surface area contributed by atoms with Crippen molar-refractivity contribution in [2.24, 2.45) is 4.99 Å². The summed E-state index contributed by atoms with van der Waals surface area (Å²) < 4.78 is 16.1. The highest BCUT2D eigenvalue weighted by atomic mass is 16.5. The summed E-state index contributed by atoms with van der Waals surface area (Å²) in [5, 5.41) is 9.23. The third kappa shape index (κ3) is 8.16. The third-order valence-electron chi connectivity index (χ3n) is 4.17. The number of amides is 1. The van der Waals surface area contributed by atoms with Crippen LogP contribution in [0.3, 0.4) is 0 Å². The molecule has 164 valence electrons. The number of benzene rings is 1. The minimum absolute atomic E-state index is 0.237. The first-order valence-corrected chi connectivity index (χ1v) is 10.2. The minimum atomic E-state index is -0.237. The van der Waals surface area contributed by atoms with Gasteiger partial charge in [-0.2, -0.15) is 0 Å². The number of carbonyl (C=O) groups excluding carboxylic acids is 1. The van der Waals surface area contributed by atoms with Crippen LogP contribution in [-0.4, -0.2) is 51.8 Å². The fourth-order valence-electron chi connectivity index (χ4n) is 2.67. The van der Waals surface area contributed by atoms with Gasteiger partial charge in [-0.3, -0.25) is 4.79 Å². The number of furan rings is 1. The number of ether oxygens (including phenoxy) is 2. The number of rotatable bonds is 12. The number of aliphatic imine (C=N–C) groups is 1. The lowest BCUT2D eigenvalue weighted by Gasteiger charge is -2.14. The Labute approximate surface area is 178 Å². The number of nitrogens with one attached hydrogen (secondary N) is 3. The van der Waals surface area contributed by atoms with Crippen LogP contribution in [0.25, 0.3) is 0 Å². The van der Waals surface area contributed by atoms with Crippen LogP contribution in [0.4, 0.5) is 0 Å². The van der Waals surface area contributed by atoms with Crippen LogP contribution in [0.15, 0.2) is 46.0 Å². The zero-order chi connectivity index (χ0) is 21.6.